The largest absolute Gasteiger partial charge is 0.376 e. The third-order valence-corrected chi connectivity index (χ3v) is 4.25. The first kappa shape index (κ1) is 15.7. The first-order chi connectivity index (χ1) is 9.86. The summed E-state index contributed by atoms with van der Waals surface area (Å²) >= 11 is 0. The summed E-state index contributed by atoms with van der Waals surface area (Å²) in [6.07, 6.45) is 1.98. The molecule has 21 heavy (non-hydrogen) atoms. The number of hydrogen-bond donors (Lipinski definition) is 3. The molecule has 2 amide bonds. The van der Waals surface area contributed by atoms with Gasteiger partial charge in [-0.3, -0.25) is 0 Å². The highest BCUT2D eigenvalue weighted by Gasteiger charge is 2.23. The molecule has 2 atom stereocenters. The SMILES string of the molecule is C[C@H](NC(=O)Nc1ccc(S(N)(=O)=O)cc1)[C@@H]1CCCO1. The smallest absolute Gasteiger partial charge is 0.319 e. The van der Waals surface area contributed by atoms with Crippen molar-refractivity contribution in [2.24, 2.45) is 5.14 Å². The molecule has 0 radical (unpaired) electrons. The minimum absolute atomic E-state index is 0.00109. The number of amides is 2. The van der Waals surface area contributed by atoms with Gasteiger partial charge >= 0.3 is 6.03 Å². The van der Waals surface area contributed by atoms with Gasteiger partial charge in [-0.1, -0.05) is 0 Å². The lowest BCUT2D eigenvalue weighted by Crippen LogP contribution is -2.42. The Bertz CT molecular complexity index is 594. The van der Waals surface area contributed by atoms with Crippen molar-refractivity contribution in [1.29, 1.82) is 0 Å². The topological polar surface area (TPSA) is 111 Å². The summed E-state index contributed by atoms with van der Waals surface area (Å²) < 4.78 is 27.7. The monoisotopic (exact) mass is 313 g/mol. The highest BCUT2D eigenvalue weighted by Crippen LogP contribution is 2.16. The molecule has 0 unspecified atom stereocenters. The quantitative estimate of drug-likeness (QED) is 0.770. The van der Waals surface area contributed by atoms with Crippen molar-refractivity contribution >= 4 is 21.7 Å². The second-order valence-corrected chi connectivity index (χ2v) is 6.57. The number of rotatable bonds is 4. The van der Waals surface area contributed by atoms with Crippen LogP contribution in [-0.4, -0.2) is 33.2 Å². The summed E-state index contributed by atoms with van der Waals surface area (Å²) in [6.45, 7) is 2.62. The number of anilines is 1. The van der Waals surface area contributed by atoms with Crippen molar-refractivity contribution in [2.45, 2.75) is 36.8 Å². The van der Waals surface area contributed by atoms with E-state index in [2.05, 4.69) is 10.6 Å². The zero-order valence-corrected chi connectivity index (χ0v) is 12.5. The number of primary sulfonamides is 1. The molecule has 4 N–H and O–H groups in total. The number of carbonyl (C=O) groups excluding carboxylic acids is 1. The van der Waals surface area contributed by atoms with E-state index in [0.29, 0.717) is 5.69 Å². The predicted octanol–water partition coefficient (Wildman–Crippen LogP) is 1.02. The van der Waals surface area contributed by atoms with Crippen molar-refractivity contribution in [2.75, 3.05) is 11.9 Å². The summed E-state index contributed by atoms with van der Waals surface area (Å²) in [5.41, 5.74) is 0.486. The van der Waals surface area contributed by atoms with E-state index in [0.717, 1.165) is 19.4 Å². The molecule has 1 saturated heterocycles. The third-order valence-electron chi connectivity index (χ3n) is 3.32. The van der Waals surface area contributed by atoms with Crippen molar-refractivity contribution in [3.8, 4) is 0 Å². The average Bonchev–Trinajstić information content (AvgIpc) is 2.92. The van der Waals surface area contributed by atoms with Crippen LogP contribution in [0, 0.1) is 0 Å². The molecule has 0 aromatic heterocycles. The Morgan fingerprint density at radius 2 is 2.05 bits per heavy atom. The standard InChI is InChI=1S/C13H19N3O4S/c1-9(12-3-2-8-20-12)15-13(17)16-10-4-6-11(7-5-10)21(14,18)19/h4-7,9,12H,2-3,8H2,1H3,(H2,14,18,19)(H2,15,16,17)/t9-,12-/m0/s1. The van der Waals surface area contributed by atoms with Crippen LogP contribution < -0.4 is 15.8 Å². The van der Waals surface area contributed by atoms with Crippen LogP contribution in [0.3, 0.4) is 0 Å². The van der Waals surface area contributed by atoms with E-state index in [-0.39, 0.29) is 23.1 Å². The number of sulfonamides is 1. The lowest BCUT2D eigenvalue weighted by atomic mass is 10.1. The van der Waals surface area contributed by atoms with E-state index < -0.39 is 10.0 Å². The van der Waals surface area contributed by atoms with Crippen molar-refractivity contribution < 1.29 is 17.9 Å². The fourth-order valence-electron chi connectivity index (χ4n) is 2.19. The van der Waals surface area contributed by atoms with E-state index in [4.69, 9.17) is 9.88 Å². The van der Waals surface area contributed by atoms with Crippen molar-refractivity contribution in [3.63, 3.8) is 0 Å². The number of urea groups is 1. The first-order valence-corrected chi connectivity index (χ1v) is 8.23. The lowest BCUT2D eigenvalue weighted by Gasteiger charge is -2.20. The van der Waals surface area contributed by atoms with Gasteiger partial charge < -0.3 is 15.4 Å². The first-order valence-electron chi connectivity index (χ1n) is 6.68. The number of nitrogens with one attached hydrogen (secondary N) is 2. The van der Waals surface area contributed by atoms with Gasteiger partial charge in [-0.15, -0.1) is 0 Å². The molecule has 1 aromatic carbocycles. The van der Waals surface area contributed by atoms with Gasteiger partial charge in [-0.05, 0) is 44.0 Å². The number of benzene rings is 1. The summed E-state index contributed by atoms with van der Waals surface area (Å²) in [5.74, 6) is 0. The van der Waals surface area contributed by atoms with Crippen LogP contribution in [0.2, 0.25) is 0 Å². The van der Waals surface area contributed by atoms with E-state index >= 15 is 0 Å². The van der Waals surface area contributed by atoms with Gasteiger partial charge in [0.05, 0.1) is 17.0 Å². The van der Waals surface area contributed by atoms with Crippen molar-refractivity contribution in [1.82, 2.24) is 5.32 Å². The molecule has 1 aromatic rings. The number of ether oxygens (including phenoxy) is 1. The minimum atomic E-state index is -3.72. The molecule has 0 aliphatic carbocycles. The Balaban J connectivity index is 1.90. The maximum Gasteiger partial charge on any atom is 0.319 e. The fraction of sp³-hybridized carbons (Fsp3) is 0.462. The van der Waals surface area contributed by atoms with Crippen molar-refractivity contribution in [3.05, 3.63) is 24.3 Å². The van der Waals surface area contributed by atoms with Crippen LogP contribution in [0.4, 0.5) is 10.5 Å². The molecule has 116 valence electrons. The highest BCUT2D eigenvalue weighted by molar-refractivity contribution is 7.89. The third kappa shape index (κ3) is 4.42. The molecule has 1 aliphatic heterocycles. The summed E-state index contributed by atoms with van der Waals surface area (Å²) in [7, 11) is -3.72. The maximum absolute atomic E-state index is 11.8. The molecule has 2 rings (SSSR count). The van der Waals surface area contributed by atoms with Gasteiger partial charge in [-0.2, -0.15) is 0 Å². The van der Waals surface area contributed by atoms with E-state index in [1.54, 1.807) is 0 Å². The van der Waals surface area contributed by atoms with Crippen LogP contribution in [-0.2, 0) is 14.8 Å². The zero-order valence-electron chi connectivity index (χ0n) is 11.7. The van der Waals surface area contributed by atoms with Gasteiger partial charge in [0, 0.05) is 12.3 Å². The lowest BCUT2D eigenvalue weighted by molar-refractivity contribution is 0.0868. The normalized spacial score (nSPS) is 20.0. The highest BCUT2D eigenvalue weighted by atomic mass is 32.2. The predicted molar refractivity (Wildman–Crippen MR) is 78.4 cm³/mol. The molecule has 0 spiro atoms. The molecule has 0 saturated carbocycles. The molecule has 1 fully saturated rings. The Kier molecular flexibility index (Phi) is 4.81. The summed E-state index contributed by atoms with van der Waals surface area (Å²) in [5, 5.41) is 10.4. The molecule has 1 heterocycles. The van der Waals surface area contributed by atoms with Gasteiger partial charge in [0.2, 0.25) is 10.0 Å². The zero-order chi connectivity index (χ0) is 15.5. The van der Waals surface area contributed by atoms with Gasteiger partial charge in [-0.25, -0.2) is 18.4 Å². The second-order valence-electron chi connectivity index (χ2n) is 5.01. The fourth-order valence-corrected chi connectivity index (χ4v) is 2.71. The van der Waals surface area contributed by atoms with E-state index in [1.807, 2.05) is 6.92 Å². The van der Waals surface area contributed by atoms with E-state index in [9.17, 15) is 13.2 Å². The Labute approximate surface area is 123 Å². The number of nitrogens with two attached hydrogens (primary N) is 1. The van der Waals surface area contributed by atoms with Crippen LogP contribution >= 0.6 is 0 Å². The van der Waals surface area contributed by atoms with Crippen LogP contribution in [0.1, 0.15) is 19.8 Å². The molecule has 1 aliphatic rings. The van der Waals surface area contributed by atoms with Gasteiger partial charge in [0.25, 0.3) is 0 Å². The van der Waals surface area contributed by atoms with Gasteiger partial charge in [0.1, 0.15) is 0 Å². The minimum Gasteiger partial charge on any atom is -0.376 e. The average molecular weight is 313 g/mol. The molecule has 7 nitrogen and oxygen atoms in total. The van der Waals surface area contributed by atoms with Crippen LogP contribution in [0.5, 0.6) is 0 Å². The number of hydrogen-bond acceptors (Lipinski definition) is 4. The Hall–Kier alpha value is -1.64. The van der Waals surface area contributed by atoms with Gasteiger partial charge in [0.15, 0.2) is 0 Å². The molecular weight excluding hydrogens is 294 g/mol. The second kappa shape index (κ2) is 6.42. The van der Waals surface area contributed by atoms with Crippen LogP contribution in [0.25, 0.3) is 0 Å². The Morgan fingerprint density at radius 1 is 1.38 bits per heavy atom. The molecule has 8 heteroatoms. The number of carbonyl (C=O) groups is 1. The maximum atomic E-state index is 11.8. The molecular formula is C13H19N3O4S. The summed E-state index contributed by atoms with van der Waals surface area (Å²) in [6, 6.07) is 5.20. The van der Waals surface area contributed by atoms with E-state index in [1.165, 1.54) is 24.3 Å². The molecule has 0 bridgehead atoms. The van der Waals surface area contributed by atoms with Crippen LogP contribution in [0.15, 0.2) is 29.2 Å². The summed E-state index contributed by atoms with van der Waals surface area (Å²) in [4.78, 5) is 11.8. The Morgan fingerprint density at radius 3 is 2.57 bits per heavy atom.